The van der Waals surface area contributed by atoms with E-state index >= 15 is 0 Å². The second-order valence-corrected chi connectivity index (χ2v) is 7.90. The van der Waals surface area contributed by atoms with Crippen molar-refractivity contribution in [3.63, 3.8) is 0 Å². The van der Waals surface area contributed by atoms with Crippen LogP contribution in [-0.4, -0.2) is 48.2 Å². The van der Waals surface area contributed by atoms with Crippen LogP contribution in [0.1, 0.15) is 58.1 Å². The van der Waals surface area contributed by atoms with Gasteiger partial charge < -0.3 is 14.7 Å². The molecule has 0 saturated carbocycles. The Bertz CT molecular complexity index is 756. The Morgan fingerprint density at radius 1 is 0.969 bits per heavy atom. The predicted molar refractivity (Wildman–Crippen MR) is 132 cm³/mol. The number of benzene rings is 2. The molecule has 0 aromatic heterocycles. The molecule has 0 aliphatic rings. The van der Waals surface area contributed by atoms with E-state index in [1.54, 1.807) is 6.92 Å². The van der Waals surface area contributed by atoms with E-state index in [-0.39, 0.29) is 18.2 Å². The minimum Gasteiger partial charge on any atom is -0.436 e. The predicted octanol–water partition coefficient (Wildman–Crippen LogP) is 4.99. The van der Waals surface area contributed by atoms with Gasteiger partial charge in [0.15, 0.2) is 6.29 Å². The molecule has 2 aromatic carbocycles. The summed E-state index contributed by atoms with van der Waals surface area (Å²) < 4.78 is 4.32. The number of esters is 1. The fraction of sp³-hybridized carbons (Fsp3) is 0.462. The lowest BCUT2D eigenvalue weighted by Crippen LogP contribution is -2.42. The molecular formula is C26H38ClNO4. The Morgan fingerprint density at radius 3 is 1.69 bits per heavy atom. The maximum atomic E-state index is 13.2. The number of rotatable bonds is 9. The van der Waals surface area contributed by atoms with Gasteiger partial charge in [0, 0.05) is 25.8 Å². The zero-order valence-corrected chi connectivity index (χ0v) is 20.9. The number of carbonyl (C=O) groups is 2. The van der Waals surface area contributed by atoms with Crippen LogP contribution in [0.15, 0.2) is 60.7 Å². The van der Waals surface area contributed by atoms with Gasteiger partial charge in [0.05, 0.1) is 5.41 Å². The Morgan fingerprint density at radius 2 is 1.41 bits per heavy atom. The first kappa shape index (κ1) is 29.8. The van der Waals surface area contributed by atoms with Crippen molar-refractivity contribution in [3.8, 4) is 0 Å². The molecule has 0 amide bonds. The quantitative estimate of drug-likeness (QED) is 0.419. The third-order valence-corrected chi connectivity index (χ3v) is 5.46. The third-order valence-electron chi connectivity index (χ3n) is 5.46. The summed E-state index contributed by atoms with van der Waals surface area (Å²) in [6.07, 6.45) is 0.831. The summed E-state index contributed by atoms with van der Waals surface area (Å²) in [5.41, 5.74) is 1.60. The number of nitrogens with zero attached hydrogens (tertiary/aromatic N) is 1. The average Bonchev–Trinajstić information content (AvgIpc) is 2.77. The van der Waals surface area contributed by atoms with E-state index in [4.69, 9.17) is 5.11 Å². The smallest absolute Gasteiger partial charge is 0.304 e. The van der Waals surface area contributed by atoms with Crippen molar-refractivity contribution >= 4 is 24.2 Å². The first-order valence-electron chi connectivity index (χ1n) is 10.8. The highest BCUT2D eigenvalue weighted by atomic mass is 35.5. The molecule has 2 unspecified atom stereocenters. The SMILES string of the molecule is CCC(=O)C(CC(C)N(C)C)(c1ccccc1)c1ccccc1.CCC(O)OC(C)=O.Cl. The molecule has 178 valence electrons. The van der Waals surface area contributed by atoms with Crippen molar-refractivity contribution < 1.29 is 19.4 Å². The normalized spacial score (nSPS) is 12.6. The zero-order chi connectivity index (χ0) is 23.4. The number of carbonyl (C=O) groups excluding carboxylic acids is 2. The summed E-state index contributed by atoms with van der Waals surface area (Å²) in [5, 5.41) is 8.59. The van der Waals surface area contributed by atoms with E-state index in [0.29, 0.717) is 18.9 Å². The summed E-state index contributed by atoms with van der Waals surface area (Å²) in [6, 6.07) is 20.7. The first-order valence-corrected chi connectivity index (χ1v) is 10.8. The van der Waals surface area contributed by atoms with E-state index in [9.17, 15) is 9.59 Å². The molecule has 0 bridgehead atoms. The van der Waals surface area contributed by atoms with Crippen LogP contribution in [0.25, 0.3) is 0 Å². The van der Waals surface area contributed by atoms with E-state index in [2.05, 4.69) is 54.9 Å². The average molecular weight is 464 g/mol. The molecule has 2 aromatic rings. The number of ether oxygens (including phenoxy) is 1. The Hall–Kier alpha value is -2.21. The van der Waals surface area contributed by atoms with Crippen molar-refractivity contribution in [2.24, 2.45) is 0 Å². The third kappa shape index (κ3) is 8.38. The van der Waals surface area contributed by atoms with Crippen molar-refractivity contribution in [1.82, 2.24) is 4.90 Å². The van der Waals surface area contributed by atoms with Crippen LogP contribution in [0.3, 0.4) is 0 Å². The summed E-state index contributed by atoms with van der Waals surface area (Å²) in [4.78, 5) is 25.4. The maximum absolute atomic E-state index is 13.2. The van der Waals surface area contributed by atoms with Crippen LogP contribution in [0.4, 0.5) is 0 Å². The molecule has 2 rings (SSSR count). The first-order chi connectivity index (χ1) is 14.7. The lowest BCUT2D eigenvalue weighted by atomic mass is 9.67. The summed E-state index contributed by atoms with van der Waals surface area (Å²) in [5.74, 6) is -0.164. The Labute approximate surface area is 199 Å². The number of Topliss-reactive ketones (excluding diaryl/α,β-unsaturated/α-hetero) is 1. The minimum atomic E-state index is -0.924. The van der Waals surface area contributed by atoms with Crippen molar-refractivity contribution in [2.45, 2.75) is 64.7 Å². The molecule has 0 fully saturated rings. The van der Waals surface area contributed by atoms with Crippen LogP contribution >= 0.6 is 12.4 Å². The Balaban J connectivity index is 0.000000917. The molecule has 0 radical (unpaired) electrons. The maximum Gasteiger partial charge on any atom is 0.304 e. The van der Waals surface area contributed by atoms with E-state index in [1.165, 1.54) is 6.92 Å². The molecule has 0 aliphatic carbocycles. The summed E-state index contributed by atoms with van der Waals surface area (Å²) >= 11 is 0. The van der Waals surface area contributed by atoms with Gasteiger partial charge in [-0.2, -0.15) is 0 Å². The second kappa shape index (κ2) is 14.8. The minimum absolute atomic E-state index is 0. The molecule has 0 heterocycles. The second-order valence-electron chi connectivity index (χ2n) is 7.90. The van der Waals surface area contributed by atoms with E-state index < -0.39 is 17.7 Å². The number of hydrogen-bond acceptors (Lipinski definition) is 5. The van der Waals surface area contributed by atoms with Crippen molar-refractivity contribution in [1.29, 1.82) is 0 Å². The number of halogens is 1. The van der Waals surface area contributed by atoms with Gasteiger partial charge in [0.1, 0.15) is 5.78 Å². The van der Waals surface area contributed by atoms with Gasteiger partial charge >= 0.3 is 5.97 Å². The standard InChI is InChI=1S/C21H27NO.C5H10O3.ClH/c1-5-20(23)21(16-17(2)22(3)4,18-12-8-6-9-13-18)19-14-10-7-11-15-19;1-3-5(7)8-4(2)6;/h6-15,17H,5,16H2,1-4H3;5,7H,3H2,1-2H3;1H. The van der Waals surface area contributed by atoms with Crippen LogP contribution in [-0.2, 0) is 19.7 Å². The topological polar surface area (TPSA) is 66.8 Å². The lowest BCUT2D eigenvalue weighted by molar-refractivity contribution is -0.165. The number of aliphatic hydroxyl groups is 1. The molecule has 32 heavy (non-hydrogen) atoms. The van der Waals surface area contributed by atoms with Crippen LogP contribution in [0.2, 0.25) is 0 Å². The lowest BCUT2D eigenvalue weighted by Gasteiger charge is -2.37. The summed E-state index contributed by atoms with van der Waals surface area (Å²) in [7, 11) is 4.14. The monoisotopic (exact) mass is 463 g/mol. The zero-order valence-electron chi connectivity index (χ0n) is 20.1. The highest BCUT2D eigenvalue weighted by Crippen LogP contribution is 2.39. The van der Waals surface area contributed by atoms with Gasteiger partial charge in [-0.3, -0.25) is 9.59 Å². The molecular weight excluding hydrogens is 426 g/mol. The van der Waals surface area contributed by atoms with Gasteiger partial charge in [0.2, 0.25) is 0 Å². The molecule has 0 aliphatic heterocycles. The van der Waals surface area contributed by atoms with Gasteiger partial charge in [-0.25, -0.2) is 0 Å². The van der Waals surface area contributed by atoms with Crippen molar-refractivity contribution in [3.05, 3.63) is 71.8 Å². The largest absolute Gasteiger partial charge is 0.436 e. The molecule has 6 heteroatoms. The molecule has 2 atom stereocenters. The fourth-order valence-electron chi connectivity index (χ4n) is 3.49. The van der Waals surface area contributed by atoms with Crippen LogP contribution in [0.5, 0.6) is 0 Å². The van der Waals surface area contributed by atoms with Gasteiger partial charge in [0.25, 0.3) is 0 Å². The molecule has 1 N–H and O–H groups in total. The van der Waals surface area contributed by atoms with Crippen molar-refractivity contribution in [2.75, 3.05) is 14.1 Å². The molecule has 5 nitrogen and oxygen atoms in total. The van der Waals surface area contributed by atoms with Crippen LogP contribution in [0, 0.1) is 0 Å². The fourth-order valence-corrected chi connectivity index (χ4v) is 3.49. The number of ketones is 1. The van der Waals surface area contributed by atoms with Crippen LogP contribution < -0.4 is 0 Å². The number of aliphatic hydroxyl groups excluding tert-OH is 1. The Kier molecular flexibility index (Phi) is 13.8. The summed E-state index contributed by atoms with van der Waals surface area (Å²) in [6.45, 7) is 7.14. The highest BCUT2D eigenvalue weighted by molar-refractivity contribution is 5.93. The highest BCUT2D eigenvalue weighted by Gasteiger charge is 2.41. The number of hydrogen-bond donors (Lipinski definition) is 1. The molecule has 0 saturated heterocycles. The van der Waals surface area contributed by atoms with E-state index in [0.717, 1.165) is 17.5 Å². The molecule has 0 spiro atoms. The van der Waals surface area contributed by atoms with Gasteiger partial charge in [-0.1, -0.05) is 74.5 Å². The van der Waals surface area contributed by atoms with Gasteiger partial charge in [-0.05, 0) is 38.6 Å². The van der Waals surface area contributed by atoms with E-state index in [1.807, 2.05) is 43.3 Å². The van der Waals surface area contributed by atoms with Gasteiger partial charge in [-0.15, -0.1) is 12.4 Å².